The molecule has 0 unspecified atom stereocenters. The standard InChI is InChI=1S/C21H23FN2O2/c1-2-24(19-6-4-3-5-7-19)21(26)17-12-14-23(15-13-17)20(25)16-8-10-18(22)11-9-16/h3-11,17H,2,12-15H2,1H3. The van der Waals surface area contributed by atoms with Crippen molar-refractivity contribution < 1.29 is 14.0 Å². The number of likely N-dealkylation sites (tertiary alicyclic amines) is 1. The number of benzene rings is 2. The Labute approximate surface area is 153 Å². The Morgan fingerprint density at radius 2 is 1.65 bits per heavy atom. The molecule has 0 N–H and O–H groups in total. The van der Waals surface area contributed by atoms with Gasteiger partial charge in [-0.05, 0) is 56.2 Å². The average molecular weight is 354 g/mol. The summed E-state index contributed by atoms with van der Waals surface area (Å²) in [5.41, 5.74) is 1.39. The Morgan fingerprint density at radius 1 is 1.04 bits per heavy atom. The number of nitrogens with zero attached hydrogens (tertiary/aromatic N) is 2. The van der Waals surface area contributed by atoms with E-state index in [2.05, 4.69) is 0 Å². The third kappa shape index (κ3) is 3.93. The lowest BCUT2D eigenvalue weighted by atomic mass is 9.94. The second-order valence-electron chi connectivity index (χ2n) is 6.49. The molecular weight excluding hydrogens is 331 g/mol. The van der Waals surface area contributed by atoms with Crippen LogP contribution >= 0.6 is 0 Å². The summed E-state index contributed by atoms with van der Waals surface area (Å²) in [5.74, 6) is -0.419. The van der Waals surface area contributed by atoms with Crippen molar-refractivity contribution in [1.29, 1.82) is 0 Å². The van der Waals surface area contributed by atoms with Gasteiger partial charge in [-0.25, -0.2) is 4.39 Å². The zero-order chi connectivity index (χ0) is 18.5. The summed E-state index contributed by atoms with van der Waals surface area (Å²) in [6.45, 7) is 3.67. The van der Waals surface area contributed by atoms with Crippen molar-refractivity contribution in [2.75, 3.05) is 24.5 Å². The number of hydrogen-bond acceptors (Lipinski definition) is 2. The molecule has 1 fully saturated rings. The predicted octanol–water partition coefficient (Wildman–Crippen LogP) is 3.73. The number of para-hydroxylation sites is 1. The molecule has 0 aromatic heterocycles. The number of amides is 2. The molecule has 1 heterocycles. The van der Waals surface area contributed by atoms with Crippen LogP contribution < -0.4 is 4.90 Å². The smallest absolute Gasteiger partial charge is 0.253 e. The number of halogens is 1. The van der Waals surface area contributed by atoms with Crippen molar-refractivity contribution >= 4 is 17.5 Å². The maximum absolute atomic E-state index is 13.0. The molecule has 3 rings (SSSR count). The van der Waals surface area contributed by atoms with E-state index >= 15 is 0 Å². The second kappa shape index (κ2) is 8.13. The van der Waals surface area contributed by atoms with Gasteiger partial charge in [-0.3, -0.25) is 9.59 Å². The van der Waals surface area contributed by atoms with Crippen LogP contribution in [0.4, 0.5) is 10.1 Å². The molecule has 136 valence electrons. The first-order valence-electron chi connectivity index (χ1n) is 9.01. The van der Waals surface area contributed by atoms with Crippen LogP contribution in [0.3, 0.4) is 0 Å². The Morgan fingerprint density at radius 3 is 2.23 bits per heavy atom. The first-order chi connectivity index (χ1) is 12.6. The van der Waals surface area contributed by atoms with Crippen molar-refractivity contribution in [3.8, 4) is 0 Å². The van der Waals surface area contributed by atoms with Gasteiger partial charge in [0.2, 0.25) is 5.91 Å². The number of anilines is 1. The second-order valence-corrected chi connectivity index (χ2v) is 6.49. The van der Waals surface area contributed by atoms with E-state index in [1.54, 1.807) is 4.90 Å². The van der Waals surface area contributed by atoms with Crippen LogP contribution in [0.1, 0.15) is 30.1 Å². The Balaban J connectivity index is 1.61. The van der Waals surface area contributed by atoms with E-state index in [4.69, 9.17) is 0 Å². The zero-order valence-corrected chi connectivity index (χ0v) is 14.9. The number of carbonyl (C=O) groups excluding carboxylic acids is 2. The maximum atomic E-state index is 13.0. The van der Waals surface area contributed by atoms with Crippen molar-refractivity contribution in [2.45, 2.75) is 19.8 Å². The zero-order valence-electron chi connectivity index (χ0n) is 14.9. The molecular formula is C21H23FN2O2. The molecule has 1 aliphatic heterocycles. The first-order valence-corrected chi connectivity index (χ1v) is 9.01. The Hall–Kier alpha value is -2.69. The fourth-order valence-corrected chi connectivity index (χ4v) is 3.40. The minimum atomic E-state index is -0.355. The molecule has 4 nitrogen and oxygen atoms in total. The molecule has 26 heavy (non-hydrogen) atoms. The SMILES string of the molecule is CCN(C(=O)C1CCN(C(=O)c2ccc(F)cc2)CC1)c1ccccc1. The molecule has 2 aromatic carbocycles. The molecule has 0 saturated carbocycles. The van der Waals surface area contributed by atoms with E-state index in [0.717, 1.165) is 5.69 Å². The van der Waals surface area contributed by atoms with Gasteiger partial charge in [0.25, 0.3) is 5.91 Å². The van der Waals surface area contributed by atoms with E-state index in [-0.39, 0.29) is 23.5 Å². The highest BCUT2D eigenvalue weighted by atomic mass is 19.1. The lowest BCUT2D eigenvalue weighted by Crippen LogP contribution is -2.44. The molecule has 1 aliphatic rings. The number of piperidine rings is 1. The third-order valence-electron chi connectivity index (χ3n) is 4.87. The van der Waals surface area contributed by atoms with Crippen molar-refractivity contribution in [2.24, 2.45) is 5.92 Å². The third-order valence-corrected chi connectivity index (χ3v) is 4.87. The molecule has 0 spiro atoms. The summed E-state index contributed by atoms with van der Waals surface area (Å²) >= 11 is 0. The number of rotatable bonds is 4. The molecule has 0 aliphatic carbocycles. The lowest BCUT2D eigenvalue weighted by Gasteiger charge is -2.34. The van der Waals surface area contributed by atoms with Gasteiger partial charge in [0.1, 0.15) is 5.82 Å². The van der Waals surface area contributed by atoms with Crippen LogP contribution in [-0.4, -0.2) is 36.3 Å². The minimum Gasteiger partial charge on any atom is -0.339 e. The Kier molecular flexibility index (Phi) is 5.66. The van der Waals surface area contributed by atoms with Crippen LogP contribution in [0.15, 0.2) is 54.6 Å². The van der Waals surface area contributed by atoms with Gasteiger partial charge in [0, 0.05) is 36.8 Å². The number of hydrogen-bond donors (Lipinski definition) is 0. The van der Waals surface area contributed by atoms with Crippen LogP contribution in [0.25, 0.3) is 0 Å². The molecule has 2 amide bonds. The average Bonchev–Trinajstić information content (AvgIpc) is 2.69. The van der Waals surface area contributed by atoms with Crippen LogP contribution in [0, 0.1) is 11.7 Å². The monoisotopic (exact) mass is 354 g/mol. The molecule has 0 radical (unpaired) electrons. The van der Waals surface area contributed by atoms with Crippen LogP contribution in [0.2, 0.25) is 0 Å². The summed E-state index contributed by atoms with van der Waals surface area (Å²) < 4.78 is 13.0. The lowest BCUT2D eigenvalue weighted by molar-refractivity contribution is -0.123. The predicted molar refractivity (Wildman–Crippen MR) is 99.5 cm³/mol. The highest BCUT2D eigenvalue weighted by Gasteiger charge is 2.30. The van der Waals surface area contributed by atoms with Gasteiger partial charge in [-0.1, -0.05) is 18.2 Å². The maximum Gasteiger partial charge on any atom is 0.253 e. The van der Waals surface area contributed by atoms with Gasteiger partial charge >= 0.3 is 0 Å². The minimum absolute atomic E-state index is 0.0765. The summed E-state index contributed by atoms with van der Waals surface area (Å²) in [7, 11) is 0. The van der Waals surface area contributed by atoms with Crippen molar-refractivity contribution in [3.63, 3.8) is 0 Å². The van der Waals surface area contributed by atoms with E-state index in [1.165, 1.54) is 24.3 Å². The molecule has 5 heteroatoms. The van der Waals surface area contributed by atoms with Gasteiger partial charge in [-0.2, -0.15) is 0 Å². The Bertz CT molecular complexity index is 753. The highest BCUT2D eigenvalue weighted by molar-refractivity contribution is 5.96. The highest BCUT2D eigenvalue weighted by Crippen LogP contribution is 2.24. The summed E-state index contributed by atoms with van der Waals surface area (Å²) in [6, 6.07) is 15.3. The van der Waals surface area contributed by atoms with Crippen molar-refractivity contribution in [3.05, 3.63) is 66.0 Å². The topological polar surface area (TPSA) is 40.6 Å². The van der Waals surface area contributed by atoms with Gasteiger partial charge < -0.3 is 9.80 Å². The van der Waals surface area contributed by atoms with Gasteiger partial charge in [-0.15, -0.1) is 0 Å². The van der Waals surface area contributed by atoms with Crippen LogP contribution in [0.5, 0.6) is 0 Å². The van der Waals surface area contributed by atoms with Gasteiger partial charge in [0.05, 0.1) is 0 Å². The summed E-state index contributed by atoms with van der Waals surface area (Å²) in [4.78, 5) is 29.0. The molecule has 0 atom stereocenters. The fraction of sp³-hybridized carbons (Fsp3) is 0.333. The van der Waals surface area contributed by atoms with E-state index in [0.29, 0.717) is 38.0 Å². The van der Waals surface area contributed by atoms with E-state index < -0.39 is 0 Å². The van der Waals surface area contributed by atoms with Crippen LogP contribution in [-0.2, 0) is 4.79 Å². The first kappa shape index (κ1) is 18.1. The molecule has 0 bridgehead atoms. The molecule has 2 aromatic rings. The summed E-state index contributed by atoms with van der Waals surface area (Å²) in [6.07, 6.45) is 1.30. The fourth-order valence-electron chi connectivity index (χ4n) is 3.40. The van der Waals surface area contributed by atoms with Gasteiger partial charge in [0.15, 0.2) is 0 Å². The molecule has 1 saturated heterocycles. The number of carbonyl (C=O) groups is 2. The van der Waals surface area contributed by atoms with E-state index in [1.807, 2.05) is 42.2 Å². The largest absolute Gasteiger partial charge is 0.339 e. The summed E-state index contributed by atoms with van der Waals surface area (Å²) in [5, 5.41) is 0. The van der Waals surface area contributed by atoms with Crippen molar-refractivity contribution in [1.82, 2.24) is 4.90 Å². The van der Waals surface area contributed by atoms with E-state index in [9.17, 15) is 14.0 Å². The quantitative estimate of drug-likeness (QED) is 0.839. The normalized spacial score (nSPS) is 14.9.